The Balaban J connectivity index is 2.22. The van der Waals surface area contributed by atoms with Crippen LogP contribution in [0.25, 0.3) is 0 Å². The maximum absolute atomic E-state index is 11.8. The first-order valence-electron chi connectivity index (χ1n) is 6.23. The number of nitrogens with zero attached hydrogens (tertiary/aromatic N) is 1. The van der Waals surface area contributed by atoms with Gasteiger partial charge in [-0.1, -0.05) is 17.7 Å². The van der Waals surface area contributed by atoms with Gasteiger partial charge in [0.25, 0.3) is 0 Å². The van der Waals surface area contributed by atoms with Gasteiger partial charge in [0.1, 0.15) is 0 Å². The highest BCUT2D eigenvalue weighted by Crippen LogP contribution is 2.24. The Morgan fingerprint density at radius 2 is 2.05 bits per heavy atom. The minimum Gasteiger partial charge on any atom is -0.301 e. The molecule has 1 fully saturated rings. The van der Waals surface area contributed by atoms with Crippen LogP contribution in [0.2, 0.25) is 5.02 Å². The van der Waals surface area contributed by atoms with Crippen LogP contribution in [0, 0.1) is 0 Å². The summed E-state index contributed by atoms with van der Waals surface area (Å²) in [4.78, 5) is 24.4. The van der Waals surface area contributed by atoms with Crippen LogP contribution >= 0.6 is 11.6 Å². The first-order chi connectivity index (χ1) is 9.71. The molecule has 1 heterocycles. The van der Waals surface area contributed by atoms with Crippen LogP contribution < -0.4 is 5.32 Å². The van der Waals surface area contributed by atoms with Gasteiger partial charge in [-0.25, -0.2) is 8.42 Å². The number of halogens is 1. The lowest BCUT2D eigenvalue weighted by molar-refractivity contribution is -0.137. The summed E-state index contributed by atoms with van der Waals surface area (Å²) < 4.78 is 23.5. The highest BCUT2D eigenvalue weighted by Gasteiger charge is 2.35. The van der Waals surface area contributed by atoms with E-state index in [1.165, 1.54) is 13.1 Å². The molecule has 6 nitrogen and oxygen atoms in total. The number of carbonyl (C=O) groups excluding carboxylic acids is 2. The van der Waals surface area contributed by atoms with Crippen molar-refractivity contribution in [2.45, 2.75) is 23.9 Å². The standard InChI is InChI=1S/C13H15ClN2O4S/c1-16-12(17)6-10(13(16)18)15-7-8-9(14)4-3-5-11(8)21(2,19)20/h3-5,10,15H,6-7H2,1-2H3. The van der Waals surface area contributed by atoms with Crippen LogP contribution in [0.15, 0.2) is 23.1 Å². The van der Waals surface area contributed by atoms with Gasteiger partial charge in [0.15, 0.2) is 9.84 Å². The van der Waals surface area contributed by atoms with E-state index in [1.807, 2.05) is 0 Å². The first-order valence-corrected chi connectivity index (χ1v) is 8.50. The summed E-state index contributed by atoms with van der Waals surface area (Å²) >= 11 is 6.05. The molecular weight excluding hydrogens is 316 g/mol. The number of amides is 2. The molecule has 2 rings (SSSR count). The monoisotopic (exact) mass is 330 g/mol. The van der Waals surface area contributed by atoms with Gasteiger partial charge in [-0.3, -0.25) is 14.5 Å². The van der Waals surface area contributed by atoms with Crippen molar-refractivity contribution < 1.29 is 18.0 Å². The minimum absolute atomic E-state index is 0.0635. The molecule has 1 unspecified atom stereocenters. The highest BCUT2D eigenvalue weighted by molar-refractivity contribution is 7.90. The molecule has 0 aromatic heterocycles. The Morgan fingerprint density at radius 3 is 2.57 bits per heavy atom. The number of likely N-dealkylation sites (tertiary alicyclic amines) is 1. The predicted octanol–water partition coefficient (Wildman–Crippen LogP) is 0.590. The second-order valence-corrected chi connectivity index (χ2v) is 7.31. The molecule has 1 aliphatic heterocycles. The van der Waals surface area contributed by atoms with E-state index < -0.39 is 15.9 Å². The smallest absolute Gasteiger partial charge is 0.246 e. The van der Waals surface area contributed by atoms with Crippen LogP contribution in [-0.4, -0.2) is 44.5 Å². The molecule has 0 spiro atoms. The van der Waals surface area contributed by atoms with Crippen molar-refractivity contribution in [3.63, 3.8) is 0 Å². The summed E-state index contributed by atoms with van der Waals surface area (Å²) in [6.45, 7) is 0.0968. The van der Waals surface area contributed by atoms with Gasteiger partial charge in [0.05, 0.1) is 17.4 Å². The Morgan fingerprint density at radius 1 is 1.38 bits per heavy atom. The lowest BCUT2D eigenvalue weighted by atomic mass is 10.2. The fourth-order valence-electron chi connectivity index (χ4n) is 2.20. The molecule has 114 valence electrons. The first kappa shape index (κ1) is 15.9. The summed E-state index contributed by atoms with van der Waals surface area (Å²) in [7, 11) is -2.00. The molecule has 1 N–H and O–H groups in total. The van der Waals surface area contributed by atoms with Gasteiger partial charge in [-0.15, -0.1) is 0 Å². The Kier molecular flexibility index (Phi) is 4.36. The Hall–Kier alpha value is -1.44. The second-order valence-electron chi connectivity index (χ2n) is 4.92. The third-order valence-electron chi connectivity index (χ3n) is 3.38. The van der Waals surface area contributed by atoms with E-state index in [2.05, 4.69) is 5.32 Å². The van der Waals surface area contributed by atoms with Crippen LogP contribution in [0.3, 0.4) is 0 Å². The van der Waals surface area contributed by atoms with Gasteiger partial charge < -0.3 is 5.32 Å². The third kappa shape index (κ3) is 3.25. The molecule has 0 aliphatic carbocycles. The zero-order valence-corrected chi connectivity index (χ0v) is 13.2. The van der Waals surface area contributed by atoms with Crippen LogP contribution in [0.4, 0.5) is 0 Å². The van der Waals surface area contributed by atoms with Crippen molar-refractivity contribution in [3.05, 3.63) is 28.8 Å². The molecule has 1 aromatic carbocycles. The van der Waals surface area contributed by atoms with Gasteiger partial charge in [0.2, 0.25) is 11.8 Å². The SMILES string of the molecule is CN1C(=O)CC(NCc2c(Cl)cccc2S(C)(=O)=O)C1=O. The molecule has 1 aromatic rings. The summed E-state index contributed by atoms with van der Waals surface area (Å²) in [6, 6.07) is 3.96. The average molecular weight is 331 g/mol. The van der Waals surface area contributed by atoms with E-state index in [4.69, 9.17) is 11.6 Å². The normalized spacial score (nSPS) is 19.4. The lowest BCUT2D eigenvalue weighted by Crippen LogP contribution is -2.37. The van der Waals surface area contributed by atoms with E-state index in [0.29, 0.717) is 10.6 Å². The number of likely N-dealkylation sites (N-methyl/N-ethyl adjacent to an activating group) is 1. The van der Waals surface area contributed by atoms with E-state index in [1.54, 1.807) is 12.1 Å². The zero-order chi connectivity index (χ0) is 15.8. The summed E-state index contributed by atoms with van der Waals surface area (Å²) in [5.74, 6) is -0.590. The Bertz CT molecular complexity index is 702. The number of imide groups is 1. The number of sulfone groups is 1. The average Bonchev–Trinajstić information content (AvgIpc) is 2.63. The quantitative estimate of drug-likeness (QED) is 0.817. The fraction of sp³-hybridized carbons (Fsp3) is 0.385. The fourth-order valence-corrected chi connectivity index (χ4v) is 3.45. The molecule has 1 saturated heterocycles. The summed E-state index contributed by atoms with van der Waals surface area (Å²) in [6.07, 6.45) is 1.16. The van der Waals surface area contributed by atoms with Crippen molar-refractivity contribution >= 4 is 33.3 Å². The topological polar surface area (TPSA) is 83.6 Å². The van der Waals surface area contributed by atoms with Crippen molar-refractivity contribution in [1.29, 1.82) is 0 Å². The molecule has 0 radical (unpaired) electrons. The van der Waals surface area contributed by atoms with E-state index in [0.717, 1.165) is 11.2 Å². The molecule has 0 saturated carbocycles. The maximum Gasteiger partial charge on any atom is 0.246 e. The summed E-state index contributed by atoms with van der Waals surface area (Å²) in [5.41, 5.74) is 0.400. The van der Waals surface area contributed by atoms with Crippen LogP contribution in [0.1, 0.15) is 12.0 Å². The van der Waals surface area contributed by atoms with Gasteiger partial charge >= 0.3 is 0 Å². The van der Waals surface area contributed by atoms with Gasteiger partial charge in [0, 0.05) is 30.4 Å². The van der Waals surface area contributed by atoms with E-state index in [-0.39, 0.29) is 29.7 Å². The molecule has 1 aliphatic rings. The number of carbonyl (C=O) groups is 2. The van der Waals surface area contributed by atoms with E-state index in [9.17, 15) is 18.0 Å². The van der Waals surface area contributed by atoms with Gasteiger partial charge in [-0.05, 0) is 12.1 Å². The Labute approximate surface area is 128 Å². The molecule has 21 heavy (non-hydrogen) atoms. The van der Waals surface area contributed by atoms with Crippen molar-refractivity contribution in [2.24, 2.45) is 0 Å². The van der Waals surface area contributed by atoms with Crippen molar-refractivity contribution in [2.75, 3.05) is 13.3 Å². The van der Waals surface area contributed by atoms with Gasteiger partial charge in [-0.2, -0.15) is 0 Å². The van der Waals surface area contributed by atoms with E-state index >= 15 is 0 Å². The number of hydrogen-bond acceptors (Lipinski definition) is 5. The second kappa shape index (κ2) is 5.75. The number of nitrogens with one attached hydrogen (secondary N) is 1. The van der Waals surface area contributed by atoms with Crippen LogP contribution in [0.5, 0.6) is 0 Å². The van der Waals surface area contributed by atoms with Crippen molar-refractivity contribution in [3.8, 4) is 0 Å². The zero-order valence-electron chi connectivity index (χ0n) is 11.6. The molecule has 0 bridgehead atoms. The molecule has 2 amide bonds. The maximum atomic E-state index is 11.8. The molecule has 8 heteroatoms. The number of rotatable bonds is 4. The predicted molar refractivity (Wildman–Crippen MR) is 77.6 cm³/mol. The number of hydrogen-bond donors (Lipinski definition) is 1. The summed E-state index contributed by atoms with van der Waals surface area (Å²) in [5, 5.41) is 3.20. The molecule has 1 atom stereocenters. The highest BCUT2D eigenvalue weighted by atomic mass is 35.5. The van der Waals surface area contributed by atoms with Crippen LogP contribution in [-0.2, 0) is 26.0 Å². The molecular formula is C13H15ClN2O4S. The largest absolute Gasteiger partial charge is 0.301 e. The lowest BCUT2D eigenvalue weighted by Gasteiger charge is -2.14. The minimum atomic E-state index is -3.42. The third-order valence-corrected chi connectivity index (χ3v) is 4.92. The van der Waals surface area contributed by atoms with Crippen molar-refractivity contribution in [1.82, 2.24) is 10.2 Å². The number of benzene rings is 1.